The zero-order valence-electron chi connectivity index (χ0n) is 18.1. The molecular formula is C25H26N2O5S. The van der Waals surface area contributed by atoms with Gasteiger partial charge in [-0.25, -0.2) is 9.59 Å². The van der Waals surface area contributed by atoms with Crippen molar-refractivity contribution in [3.63, 3.8) is 0 Å². The molecule has 1 saturated carbocycles. The van der Waals surface area contributed by atoms with Crippen molar-refractivity contribution in [3.8, 4) is 11.1 Å². The minimum atomic E-state index is -1.01. The predicted octanol–water partition coefficient (Wildman–Crippen LogP) is 3.68. The molecule has 1 unspecified atom stereocenters. The van der Waals surface area contributed by atoms with Crippen molar-refractivity contribution >= 4 is 29.7 Å². The predicted molar refractivity (Wildman–Crippen MR) is 125 cm³/mol. The molecule has 2 N–H and O–H groups in total. The van der Waals surface area contributed by atoms with Gasteiger partial charge in [0.25, 0.3) is 0 Å². The van der Waals surface area contributed by atoms with E-state index in [0.29, 0.717) is 24.0 Å². The van der Waals surface area contributed by atoms with Crippen molar-refractivity contribution in [3.05, 3.63) is 59.7 Å². The number of carbonyl (C=O) groups is 3. The van der Waals surface area contributed by atoms with Crippen LogP contribution in [-0.2, 0) is 14.3 Å². The first-order valence-corrected chi connectivity index (χ1v) is 12.4. The first-order chi connectivity index (χ1) is 16.0. The molecule has 0 aromatic heterocycles. The Labute approximate surface area is 196 Å². The molecule has 1 aliphatic heterocycles. The van der Waals surface area contributed by atoms with Crippen molar-refractivity contribution in [1.82, 2.24) is 10.2 Å². The van der Waals surface area contributed by atoms with Gasteiger partial charge in [-0.1, -0.05) is 61.4 Å². The molecule has 0 radical (unpaired) electrons. The molecule has 3 aliphatic rings. The average Bonchev–Trinajstić information content (AvgIpc) is 3.39. The summed E-state index contributed by atoms with van der Waals surface area (Å²) >= 11 is 1.41. The summed E-state index contributed by atoms with van der Waals surface area (Å²) in [6.45, 7) is 0.168. The van der Waals surface area contributed by atoms with Crippen LogP contribution in [0.5, 0.6) is 0 Å². The number of alkyl carbamates (subject to hydrolysis) is 1. The second kappa shape index (κ2) is 9.09. The number of thioether (sulfide) groups is 1. The molecule has 8 heteroatoms. The van der Waals surface area contributed by atoms with Gasteiger partial charge in [0.05, 0.1) is 5.88 Å². The Kier molecular flexibility index (Phi) is 6.01. The van der Waals surface area contributed by atoms with Crippen LogP contribution in [0, 0.1) is 5.92 Å². The van der Waals surface area contributed by atoms with Crippen LogP contribution in [0.25, 0.3) is 11.1 Å². The highest BCUT2D eigenvalue weighted by Crippen LogP contribution is 2.44. The molecule has 0 spiro atoms. The fourth-order valence-corrected chi connectivity index (χ4v) is 5.91. The number of carbonyl (C=O) groups excluding carboxylic acids is 2. The van der Waals surface area contributed by atoms with Gasteiger partial charge in [-0.05, 0) is 34.6 Å². The number of hydrogen-bond donors (Lipinski definition) is 2. The molecule has 1 saturated heterocycles. The summed E-state index contributed by atoms with van der Waals surface area (Å²) in [5.41, 5.74) is 4.54. The monoisotopic (exact) mass is 466 g/mol. The van der Waals surface area contributed by atoms with E-state index in [1.807, 2.05) is 24.3 Å². The van der Waals surface area contributed by atoms with Gasteiger partial charge in [0.15, 0.2) is 0 Å². The van der Waals surface area contributed by atoms with Crippen LogP contribution in [0.3, 0.4) is 0 Å². The number of amides is 2. The maximum absolute atomic E-state index is 13.1. The highest BCUT2D eigenvalue weighted by atomic mass is 32.2. The average molecular weight is 467 g/mol. The van der Waals surface area contributed by atoms with Gasteiger partial charge in [-0.3, -0.25) is 4.79 Å². The van der Waals surface area contributed by atoms with E-state index in [9.17, 15) is 19.5 Å². The minimum Gasteiger partial charge on any atom is -0.480 e. The summed E-state index contributed by atoms with van der Waals surface area (Å²) in [7, 11) is 0. The first kappa shape index (κ1) is 21.8. The number of carboxylic acid groups (broad SMARTS) is 1. The van der Waals surface area contributed by atoms with Gasteiger partial charge in [-0.15, -0.1) is 11.8 Å². The quantitative estimate of drug-likeness (QED) is 0.646. The topological polar surface area (TPSA) is 95.9 Å². The van der Waals surface area contributed by atoms with Crippen molar-refractivity contribution in [2.24, 2.45) is 5.92 Å². The Morgan fingerprint density at radius 1 is 1.06 bits per heavy atom. The lowest BCUT2D eigenvalue weighted by molar-refractivity contribution is -0.148. The molecule has 2 aliphatic carbocycles. The zero-order chi connectivity index (χ0) is 22.9. The molecule has 5 rings (SSSR count). The van der Waals surface area contributed by atoms with Gasteiger partial charge in [0, 0.05) is 11.7 Å². The van der Waals surface area contributed by atoms with Gasteiger partial charge < -0.3 is 20.1 Å². The van der Waals surface area contributed by atoms with Gasteiger partial charge in [-0.2, -0.15) is 0 Å². The van der Waals surface area contributed by atoms with Crippen molar-refractivity contribution in [2.45, 2.75) is 37.3 Å². The molecule has 2 fully saturated rings. The van der Waals surface area contributed by atoms with E-state index in [4.69, 9.17) is 4.74 Å². The third-order valence-electron chi connectivity index (χ3n) is 6.65. The Balaban J connectivity index is 1.26. The largest absolute Gasteiger partial charge is 0.480 e. The van der Waals surface area contributed by atoms with Gasteiger partial charge in [0.1, 0.15) is 18.7 Å². The van der Waals surface area contributed by atoms with Crippen LogP contribution in [0.15, 0.2) is 48.5 Å². The smallest absolute Gasteiger partial charge is 0.407 e. The van der Waals surface area contributed by atoms with Crippen LogP contribution in [0.4, 0.5) is 4.79 Å². The number of nitrogens with one attached hydrogen (secondary N) is 1. The number of rotatable bonds is 7. The van der Waals surface area contributed by atoms with E-state index in [-0.39, 0.29) is 18.4 Å². The molecular weight excluding hydrogens is 440 g/mol. The van der Waals surface area contributed by atoms with Gasteiger partial charge >= 0.3 is 12.1 Å². The lowest BCUT2D eigenvalue weighted by atomic mass is 9.98. The lowest BCUT2D eigenvalue weighted by Crippen LogP contribution is -2.52. The Morgan fingerprint density at radius 2 is 1.70 bits per heavy atom. The first-order valence-electron chi connectivity index (χ1n) is 11.3. The second-order valence-electron chi connectivity index (χ2n) is 8.86. The number of ether oxygens (including phenoxy) is 1. The molecule has 7 nitrogen and oxygen atoms in total. The number of fused-ring (bicyclic) bond motifs is 3. The fourth-order valence-electron chi connectivity index (χ4n) is 4.76. The van der Waals surface area contributed by atoms with Crippen LogP contribution in [-0.4, -0.2) is 58.3 Å². The summed E-state index contributed by atoms with van der Waals surface area (Å²) in [6.07, 6.45) is 1.91. The Hall–Kier alpha value is -3.00. The Bertz CT molecular complexity index is 1040. The number of benzene rings is 2. The SMILES string of the molecule is O=C(N[C@@H](CC1CC1)C(=O)N1CSCC1C(=O)O)OCC1c2ccccc2-c2ccccc21. The summed E-state index contributed by atoms with van der Waals surface area (Å²) in [5.74, 6) is -0.350. The highest BCUT2D eigenvalue weighted by molar-refractivity contribution is 7.99. The third kappa shape index (κ3) is 4.44. The maximum Gasteiger partial charge on any atom is 0.407 e. The third-order valence-corrected chi connectivity index (χ3v) is 7.66. The number of nitrogens with zero attached hydrogens (tertiary/aromatic N) is 1. The van der Waals surface area contributed by atoms with Crippen LogP contribution < -0.4 is 5.32 Å². The van der Waals surface area contributed by atoms with Gasteiger partial charge in [0.2, 0.25) is 5.91 Å². The molecule has 2 aromatic carbocycles. The van der Waals surface area contributed by atoms with E-state index in [1.165, 1.54) is 16.7 Å². The summed E-state index contributed by atoms with van der Waals surface area (Å²) < 4.78 is 5.62. The number of carboxylic acids is 1. The molecule has 2 atom stereocenters. The molecule has 33 heavy (non-hydrogen) atoms. The maximum atomic E-state index is 13.1. The Morgan fingerprint density at radius 3 is 2.30 bits per heavy atom. The van der Waals surface area contributed by atoms with Crippen molar-refractivity contribution in [2.75, 3.05) is 18.2 Å². The van der Waals surface area contributed by atoms with Crippen LogP contribution in [0.2, 0.25) is 0 Å². The number of aliphatic carboxylic acids is 1. The lowest BCUT2D eigenvalue weighted by Gasteiger charge is -2.26. The highest BCUT2D eigenvalue weighted by Gasteiger charge is 2.40. The van der Waals surface area contributed by atoms with Crippen LogP contribution in [0.1, 0.15) is 36.3 Å². The molecule has 0 bridgehead atoms. The second-order valence-corrected chi connectivity index (χ2v) is 9.86. The zero-order valence-corrected chi connectivity index (χ0v) is 18.9. The van der Waals surface area contributed by atoms with Crippen molar-refractivity contribution in [1.29, 1.82) is 0 Å². The summed E-state index contributed by atoms with van der Waals surface area (Å²) in [5, 5.41) is 12.2. The standard InChI is InChI=1S/C25H26N2O5S/c28-23(27-14-33-13-22(27)24(29)30)21(11-15-9-10-15)26-25(31)32-12-20-18-7-3-1-5-16(18)17-6-2-4-8-19(17)20/h1-8,15,20-22H,9-14H2,(H,26,31)(H,29,30)/t21-,22?/m0/s1. The van der Waals surface area contributed by atoms with Crippen molar-refractivity contribution < 1.29 is 24.2 Å². The molecule has 2 amide bonds. The molecule has 2 aromatic rings. The van der Waals surface area contributed by atoms with E-state index >= 15 is 0 Å². The molecule has 1 heterocycles. The minimum absolute atomic E-state index is 0.0629. The van der Waals surface area contributed by atoms with E-state index < -0.39 is 24.1 Å². The van der Waals surface area contributed by atoms with E-state index in [1.54, 1.807) is 0 Å². The summed E-state index contributed by atoms with van der Waals surface area (Å²) in [4.78, 5) is 38.8. The van der Waals surface area contributed by atoms with E-state index in [2.05, 4.69) is 29.6 Å². The number of hydrogen-bond acceptors (Lipinski definition) is 5. The fraction of sp³-hybridized carbons (Fsp3) is 0.400. The normalized spacial score (nSPS) is 20.1. The van der Waals surface area contributed by atoms with Crippen LogP contribution >= 0.6 is 11.8 Å². The molecule has 172 valence electrons. The van der Waals surface area contributed by atoms with E-state index in [0.717, 1.165) is 35.1 Å². The summed E-state index contributed by atoms with van der Waals surface area (Å²) in [6, 6.07) is 14.6.